The van der Waals surface area contributed by atoms with E-state index in [1.807, 2.05) is 4.90 Å². The molecular formula is C19H23FN2O3. The van der Waals surface area contributed by atoms with Crippen LogP contribution >= 0.6 is 0 Å². The number of carbonyl (C=O) groups is 2. The summed E-state index contributed by atoms with van der Waals surface area (Å²) in [6.07, 6.45) is 2.67. The van der Waals surface area contributed by atoms with E-state index in [9.17, 15) is 14.0 Å². The molecule has 0 spiro atoms. The van der Waals surface area contributed by atoms with Crippen LogP contribution in [0.1, 0.15) is 35.2 Å². The summed E-state index contributed by atoms with van der Waals surface area (Å²) in [7, 11) is 1.62. The van der Waals surface area contributed by atoms with Crippen LogP contribution in [0.4, 0.5) is 4.39 Å². The molecule has 2 atom stereocenters. The highest BCUT2D eigenvalue weighted by Crippen LogP contribution is 2.50. The number of ether oxygens (including phenoxy) is 1. The van der Waals surface area contributed by atoms with Gasteiger partial charge >= 0.3 is 0 Å². The van der Waals surface area contributed by atoms with Crippen molar-refractivity contribution in [2.24, 2.45) is 11.8 Å². The first-order valence-electron chi connectivity index (χ1n) is 8.82. The lowest BCUT2D eigenvalue weighted by Gasteiger charge is -2.42. The first kappa shape index (κ1) is 16.5. The summed E-state index contributed by atoms with van der Waals surface area (Å²) in [6.45, 7) is 2.96. The predicted molar refractivity (Wildman–Crippen MR) is 89.5 cm³/mol. The molecule has 2 saturated heterocycles. The number of hydrogen-bond acceptors (Lipinski definition) is 3. The maximum Gasteiger partial charge on any atom is 0.254 e. The zero-order chi connectivity index (χ0) is 17.8. The summed E-state index contributed by atoms with van der Waals surface area (Å²) in [5.74, 6) is 0.0742. The van der Waals surface area contributed by atoms with Gasteiger partial charge in [-0.05, 0) is 55.9 Å². The monoisotopic (exact) mass is 346 g/mol. The van der Waals surface area contributed by atoms with E-state index in [1.165, 1.54) is 12.1 Å². The molecule has 134 valence electrons. The lowest BCUT2D eigenvalue weighted by atomic mass is 9.73. The van der Waals surface area contributed by atoms with E-state index in [0.29, 0.717) is 23.6 Å². The Morgan fingerprint density at radius 1 is 1.40 bits per heavy atom. The van der Waals surface area contributed by atoms with Crippen molar-refractivity contribution in [2.45, 2.75) is 37.8 Å². The average molecular weight is 346 g/mol. The fourth-order valence-electron chi connectivity index (χ4n) is 4.46. The third kappa shape index (κ3) is 2.72. The molecule has 2 amide bonds. The van der Waals surface area contributed by atoms with Gasteiger partial charge < -0.3 is 15.0 Å². The minimum Gasteiger partial charge on any atom is -0.381 e. The van der Waals surface area contributed by atoms with Gasteiger partial charge in [0.15, 0.2) is 0 Å². The molecule has 5 rings (SSSR count). The summed E-state index contributed by atoms with van der Waals surface area (Å²) in [5, 5.41) is 3.02. The van der Waals surface area contributed by atoms with Gasteiger partial charge in [0, 0.05) is 25.8 Å². The smallest absolute Gasteiger partial charge is 0.254 e. The van der Waals surface area contributed by atoms with Gasteiger partial charge in [0.1, 0.15) is 5.82 Å². The van der Waals surface area contributed by atoms with Crippen LogP contribution in [0.5, 0.6) is 0 Å². The van der Waals surface area contributed by atoms with E-state index in [2.05, 4.69) is 5.32 Å². The largest absolute Gasteiger partial charge is 0.381 e. The molecule has 25 heavy (non-hydrogen) atoms. The minimum absolute atomic E-state index is 0.0157. The van der Waals surface area contributed by atoms with Gasteiger partial charge in [0.05, 0.1) is 17.6 Å². The van der Waals surface area contributed by atoms with Crippen LogP contribution in [0, 0.1) is 24.6 Å². The molecule has 4 aliphatic rings. The van der Waals surface area contributed by atoms with Gasteiger partial charge in [-0.15, -0.1) is 0 Å². The van der Waals surface area contributed by atoms with Crippen LogP contribution in [0.15, 0.2) is 18.2 Å². The minimum atomic E-state index is -0.334. The molecule has 1 N–H and O–H groups in total. The number of rotatable bonds is 5. The van der Waals surface area contributed by atoms with Crippen LogP contribution in [-0.2, 0) is 9.53 Å². The highest BCUT2D eigenvalue weighted by molar-refractivity contribution is 5.96. The molecule has 0 aromatic heterocycles. The Morgan fingerprint density at radius 2 is 2.16 bits per heavy atom. The van der Waals surface area contributed by atoms with E-state index < -0.39 is 0 Å². The van der Waals surface area contributed by atoms with Crippen molar-refractivity contribution >= 4 is 11.8 Å². The van der Waals surface area contributed by atoms with Crippen LogP contribution in [0.25, 0.3) is 0 Å². The number of carbonyl (C=O) groups excluding carboxylic acids is 2. The molecular weight excluding hydrogens is 323 g/mol. The van der Waals surface area contributed by atoms with Gasteiger partial charge in [-0.2, -0.15) is 0 Å². The zero-order valence-electron chi connectivity index (χ0n) is 14.5. The van der Waals surface area contributed by atoms with Gasteiger partial charge in [-0.25, -0.2) is 4.39 Å². The Balaban J connectivity index is 1.45. The number of amides is 2. The van der Waals surface area contributed by atoms with Crippen molar-refractivity contribution in [1.29, 1.82) is 0 Å². The predicted octanol–water partition coefficient (Wildman–Crippen LogP) is 1.89. The van der Waals surface area contributed by atoms with Crippen molar-refractivity contribution in [3.63, 3.8) is 0 Å². The van der Waals surface area contributed by atoms with Crippen LogP contribution < -0.4 is 5.32 Å². The number of hydrogen-bond donors (Lipinski definition) is 1. The summed E-state index contributed by atoms with van der Waals surface area (Å²) >= 11 is 0. The molecule has 2 bridgehead atoms. The van der Waals surface area contributed by atoms with Crippen molar-refractivity contribution in [3.05, 3.63) is 35.1 Å². The Labute approximate surface area is 146 Å². The van der Waals surface area contributed by atoms with Crippen molar-refractivity contribution < 1.29 is 18.7 Å². The fraction of sp³-hybridized carbons (Fsp3) is 0.579. The van der Waals surface area contributed by atoms with E-state index in [0.717, 1.165) is 25.8 Å². The van der Waals surface area contributed by atoms with Crippen LogP contribution in [0.2, 0.25) is 0 Å². The Hall–Kier alpha value is -1.95. The molecule has 2 heterocycles. The van der Waals surface area contributed by atoms with Crippen molar-refractivity contribution in [3.8, 4) is 0 Å². The third-order valence-electron chi connectivity index (χ3n) is 5.98. The highest BCUT2D eigenvalue weighted by atomic mass is 19.1. The normalized spacial score (nSPS) is 32.3. The quantitative estimate of drug-likeness (QED) is 0.886. The van der Waals surface area contributed by atoms with Crippen molar-refractivity contribution in [2.75, 3.05) is 20.2 Å². The Kier molecular flexibility index (Phi) is 3.83. The maximum absolute atomic E-state index is 13.3. The Morgan fingerprint density at radius 3 is 2.80 bits per heavy atom. The summed E-state index contributed by atoms with van der Waals surface area (Å²) < 4.78 is 18.5. The van der Waals surface area contributed by atoms with Gasteiger partial charge in [0.2, 0.25) is 5.91 Å². The second-order valence-corrected chi connectivity index (χ2v) is 7.71. The number of aryl methyl sites for hydroxylation is 1. The molecule has 2 aliphatic heterocycles. The van der Waals surface area contributed by atoms with Gasteiger partial charge in [-0.1, -0.05) is 0 Å². The lowest BCUT2D eigenvalue weighted by Crippen LogP contribution is -2.56. The number of methoxy groups -OCH3 is 1. The molecule has 1 aromatic carbocycles. The molecule has 5 nitrogen and oxygen atoms in total. The molecule has 2 saturated carbocycles. The number of nitrogens with one attached hydrogen (secondary N) is 1. The lowest BCUT2D eigenvalue weighted by molar-refractivity contribution is -0.123. The second-order valence-electron chi connectivity index (χ2n) is 7.71. The summed E-state index contributed by atoms with van der Waals surface area (Å²) in [6, 6.07) is 4.27. The van der Waals surface area contributed by atoms with Gasteiger partial charge in [0.25, 0.3) is 5.91 Å². The van der Waals surface area contributed by atoms with Crippen LogP contribution in [0.3, 0.4) is 0 Å². The molecule has 6 heteroatoms. The first-order valence-corrected chi connectivity index (χ1v) is 8.82. The number of halogens is 1. The third-order valence-corrected chi connectivity index (χ3v) is 5.98. The second kappa shape index (κ2) is 5.80. The number of benzene rings is 1. The van der Waals surface area contributed by atoms with E-state index in [-0.39, 0.29) is 35.2 Å². The van der Waals surface area contributed by atoms with Crippen LogP contribution in [-0.4, -0.2) is 48.6 Å². The Bertz CT molecular complexity index is 729. The standard InChI is InChI=1S/C19H23FN2O3/c1-11-5-13(20)3-4-14(11)18(24)22-9-12-7-19(22,8-12)10-21-17(23)15-6-16(15)25-2/h3-5,12,15-16H,6-10H2,1-2H3,(H,21,23)/t12?,15-,16-,19?/m1/s1. The topological polar surface area (TPSA) is 58.6 Å². The average Bonchev–Trinajstić information content (AvgIpc) is 3.13. The zero-order valence-corrected chi connectivity index (χ0v) is 14.5. The van der Waals surface area contributed by atoms with Gasteiger partial charge in [-0.3, -0.25) is 9.59 Å². The maximum atomic E-state index is 13.3. The summed E-state index contributed by atoms with van der Waals surface area (Å²) in [4.78, 5) is 27.1. The number of fused-ring (bicyclic) bond motifs is 1. The van der Waals surface area contributed by atoms with Crippen molar-refractivity contribution in [1.82, 2.24) is 10.2 Å². The number of nitrogens with zero attached hydrogens (tertiary/aromatic N) is 1. The molecule has 1 aromatic rings. The fourth-order valence-corrected chi connectivity index (χ4v) is 4.46. The molecule has 0 radical (unpaired) electrons. The SMILES string of the molecule is CO[C@@H]1C[C@H]1C(=O)NCC12CC(CN1C(=O)c1ccc(F)cc1C)C2. The summed E-state index contributed by atoms with van der Waals surface area (Å²) in [5.41, 5.74) is 0.908. The molecule has 0 unspecified atom stereocenters. The van der Waals surface area contributed by atoms with E-state index >= 15 is 0 Å². The van der Waals surface area contributed by atoms with E-state index in [4.69, 9.17) is 4.74 Å². The first-order chi connectivity index (χ1) is 11.9. The highest BCUT2D eigenvalue weighted by Gasteiger charge is 2.58. The molecule has 2 aliphatic carbocycles. The van der Waals surface area contributed by atoms with E-state index in [1.54, 1.807) is 20.1 Å². The molecule has 4 fully saturated rings.